The van der Waals surface area contributed by atoms with Crippen LogP contribution in [0.15, 0.2) is 18.2 Å². The molecule has 0 aliphatic heterocycles. The zero-order chi connectivity index (χ0) is 11.6. The summed E-state index contributed by atoms with van der Waals surface area (Å²) in [4.78, 5) is 0. The standard InChI is InChI=1S/C14H21F/c1-6-11-8-7-9-12(13(11)15)10(2)14(3,4)5/h7-10H,6H2,1-5H3/t10-/m1/s1. The molecule has 0 fully saturated rings. The third kappa shape index (κ3) is 2.58. The van der Waals surface area contributed by atoms with Gasteiger partial charge in [-0.3, -0.25) is 0 Å². The van der Waals surface area contributed by atoms with Gasteiger partial charge in [0.05, 0.1) is 0 Å². The molecule has 0 aliphatic rings. The maximum absolute atomic E-state index is 14.1. The Morgan fingerprint density at radius 3 is 2.33 bits per heavy atom. The van der Waals surface area contributed by atoms with Gasteiger partial charge < -0.3 is 0 Å². The van der Waals surface area contributed by atoms with Crippen molar-refractivity contribution in [2.45, 2.75) is 47.0 Å². The van der Waals surface area contributed by atoms with E-state index in [2.05, 4.69) is 27.7 Å². The molecule has 0 saturated carbocycles. The van der Waals surface area contributed by atoms with Crippen LogP contribution in [0.4, 0.5) is 4.39 Å². The molecule has 0 N–H and O–H groups in total. The zero-order valence-corrected chi connectivity index (χ0v) is 10.4. The smallest absolute Gasteiger partial charge is 0.129 e. The summed E-state index contributed by atoms with van der Waals surface area (Å²) in [5, 5.41) is 0. The van der Waals surface area contributed by atoms with Crippen molar-refractivity contribution in [1.29, 1.82) is 0 Å². The van der Waals surface area contributed by atoms with Gasteiger partial charge >= 0.3 is 0 Å². The van der Waals surface area contributed by atoms with Crippen molar-refractivity contribution in [2.75, 3.05) is 0 Å². The lowest BCUT2D eigenvalue weighted by Gasteiger charge is -2.28. The third-order valence-corrected chi connectivity index (χ3v) is 3.26. The highest BCUT2D eigenvalue weighted by Crippen LogP contribution is 2.36. The van der Waals surface area contributed by atoms with Gasteiger partial charge in [-0.05, 0) is 28.9 Å². The van der Waals surface area contributed by atoms with Gasteiger partial charge in [0.2, 0.25) is 0 Å². The molecule has 15 heavy (non-hydrogen) atoms. The molecule has 0 bridgehead atoms. The Hall–Kier alpha value is -0.850. The van der Waals surface area contributed by atoms with Crippen molar-refractivity contribution in [3.63, 3.8) is 0 Å². The molecule has 0 saturated heterocycles. The Bertz CT molecular complexity index is 334. The number of halogens is 1. The van der Waals surface area contributed by atoms with E-state index >= 15 is 0 Å². The topological polar surface area (TPSA) is 0 Å². The van der Waals surface area contributed by atoms with E-state index in [4.69, 9.17) is 0 Å². The molecule has 0 heterocycles. The van der Waals surface area contributed by atoms with E-state index in [0.717, 1.165) is 17.5 Å². The molecule has 0 spiro atoms. The summed E-state index contributed by atoms with van der Waals surface area (Å²) in [6, 6.07) is 5.73. The summed E-state index contributed by atoms with van der Waals surface area (Å²) in [5.41, 5.74) is 1.78. The van der Waals surface area contributed by atoms with Gasteiger partial charge in [-0.25, -0.2) is 4.39 Å². The first-order chi connectivity index (χ1) is 6.88. The predicted octanol–water partition coefficient (Wildman–Crippen LogP) is 4.54. The van der Waals surface area contributed by atoms with Crippen LogP contribution in [-0.2, 0) is 6.42 Å². The lowest BCUT2D eigenvalue weighted by molar-refractivity contribution is 0.331. The van der Waals surface area contributed by atoms with E-state index in [1.54, 1.807) is 0 Å². The predicted molar refractivity (Wildman–Crippen MR) is 63.6 cm³/mol. The van der Waals surface area contributed by atoms with Crippen LogP contribution in [0.25, 0.3) is 0 Å². The second-order valence-corrected chi connectivity index (χ2v) is 5.26. The number of rotatable bonds is 2. The lowest BCUT2D eigenvalue weighted by atomic mass is 9.77. The van der Waals surface area contributed by atoms with Crippen LogP contribution < -0.4 is 0 Å². The van der Waals surface area contributed by atoms with Crippen molar-refractivity contribution >= 4 is 0 Å². The van der Waals surface area contributed by atoms with Crippen molar-refractivity contribution in [2.24, 2.45) is 5.41 Å². The molecule has 0 radical (unpaired) electrons. The van der Waals surface area contributed by atoms with E-state index in [-0.39, 0.29) is 17.2 Å². The molecule has 1 atom stereocenters. The fourth-order valence-electron chi connectivity index (χ4n) is 1.67. The van der Waals surface area contributed by atoms with E-state index in [9.17, 15) is 4.39 Å². The van der Waals surface area contributed by atoms with E-state index in [1.807, 2.05) is 25.1 Å². The number of hydrogen-bond donors (Lipinski definition) is 0. The minimum absolute atomic E-state index is 0.0116. The molecule has 1 heteroatoms. The van der Waals surface area contributed by atoms with Crippen LogP contribution in [0.1, 0.15) is 51.7 Å². The van der Waals surface area contributed by atoms with Crippen LogP contribution >= 0.6 is 0 Å². The van der Waals surface area contributed by atoms with E-state index in [0.29, 0.717) is 0 Å². The average molecular weight is 208 g/mol. The van der Waals surface area contributed by atoms with Crippen LogP contribution in [0.2, 0.25) is 0 Å². The van der Waals surface area contributed by atoms with Gasteiger partial charge in [0.15, 0.2) is 0 Å². The van der Waals surface area contributed by atoms with E-state index < -0.39 is 0 Å². The molecule has 1 aromatic carbocycles. The first-order valence-electron chi connectivity index (χ1n) is 5.65. The molecular weight excluding hydrogens is 187 g/mol. The zero-order valence-electron chi connectivity index (χ0n) is 10.4. The number of hydrogen-bond acceptors (Lipinski definition) is 0. The number of aryl methyl sites for hydroxylation is 1. The summed E-state index contributed by atoms with van der Waals surface area (Å²) in [7, 11) is 0. The molecule has 0 aliphatic carbocycles. The maximum Gasteiger partial charge on any atom is 0.129 e. The highest BCUT2D eigenvalue weighted by Gasteiger charge is 2.24. The first-order valence-corrected chi connectivity index (χ1v) is 5.65. The fraction of sp³-hybridized carbons (Fsp3) is 0.571. The largest absolute Gasteiger partial charge is 0.206 e. The molecule has 84 valence electrons. The minimum Gasteiger partial charge on any atom is -0.206 e. The summed E-state index contributed by atoms with van der Waals surface area (Å²) in [5.74, 6) is 0.228. The fourth-order valence-corrected chi connectivity index (χ4v) is 1.67. The first kappa shape index (κ1) is 12.2. The Morgan fingerprint density at radius 1 is 1.27 bits per heavy atom. The Morgan fingerprint density at radius 2 is 1.87 bits per heavy atom. The third-order valence-electron chi connectivity index (χ3n) is 3.26. The van der Waals surface area contributed by atoms with Gasteiger partial charge in [0, 0.05) is 0 Å². The van der Waals surface area contributed by atoms with Crippen LogP contribution in [0.5, 0.6) is 0 Å². The van der Waals surface area contributed by atoms with Gasteiger partial charge in [0.1, 0.15) is 5.82 Å². The molecule has 0 nitrogen and oxygen atoms in total. The average Bonchev–Trinajstić information content (AvgIpc) is 2.16. The summed E-state index contributed by atoms with van der Waals surface area (Å²) in [6.45, 7) is 10.5. The van der Waals surface area contributed by atoms with Crippen molar-refractivity contribution in [1.82, 2.24) is 0 Å². The Balaban J connectivity index is 3.15. The molecule has 0 amide bonds. The highest BCUT2D eigenvalue weighted by atomic mass is 19.1. The van der Waals surface area contributed by atoms with Crippen LogP contribution in [0.3, 0.4) is 0 Å². The van der Waals surface area contributed by atoms with Crippen molar-refractivity contribution in [3.8, 4) is 0 Å². The lowest BCUT2D eigenvalue weighted by Crippen LogP contribution is -2.17. The quantitative estimate of drug-likeness (QED) is 0.669. The van der Waals surface area contributed by atoms with Crippen molar-refractivity contribution in [3.05, 3.63) is 35.1 Å². The van der Waals surface area contributed by atoms with Crippen LogP contribution in [0, 0.1) is 11.2 Å². The molecule has 1 aromatic rings. The molecule has 1 rings (SSSR count). The summed E-state index contributed by atoms with van der Waals surface area (Å²) >= 11 is 0. The Kier molecular flexibility index (Phi) is 3.54. The monoisotopic (exact) mass is 208 g/mol. The molecular formula is C14H21F. The highest BCUT2D eigenvalue weighted by molar-refractivity contribution is 5.29. The maximum atomic E-state index is 14.1. The summed E-state index contributed by atoms with van der Waals surface area (Å²) in [6.07, 6.45) is 0.760. The van der Waals surface area contributed by atoms with Gasteiger partial charge in [-0.15, -0.1) is 0 Å². The van der Waals surface area contributed by atoms with Gasteiger partial charge in [0.25, 0.3) is 0 Å². The normalized spacial score (nSPS) is 14.0. The van der Waals surface area contributed by atoms with Gasteiger partial charge in [-0.1, -0.05) is 52.8 Å². The Labute approximate surface area is 92.5 Å². The molecule has 0 aromatic heterocycles. The number of benzene rings is 1. The van der Waals surface area contributed by atoms with Crippen LogP contribution in [-0.4, -0.2) is 0 Å². The molecule has 0 unspecified atom stereocenters. The van der Waals surface area contributed by atoms with Gasteiger partial charge in [-0.2, -0.15) is 0 Å². The minimum atomic E-state index is -0.0116. The summed E-state index contributed by atoms with van der Waals surface area (Å²) < 4.78 is 14.1. The van der Waals surface area contributed by atoms with Crippen molar-refractivity contribution < 1.29 is 4.39 Å². The van der Waals surface area contributed by atoms with E-state index in [1.165, 1.54) is 0 Å². The second kappa shape index (κ2) is 4.34. The second-order valence-electron chi connectivity index (χ2n) is 5.26. The SMILES string of the molecule is CCc1cccc([C@@H](C)C(C)(C)C)c1F.